The molecule has 0 spiro atoms. The zero-order valence-electron chi connectivity index (χ0n) is 16.2. The SMILES string of the molecule is O=C1C(c2ccc(Cl)cc2Cl)=C(N2CCN(CCO)CC2)C(=O)N1Cc1ccco1. The molecule has 9 heteroatoms. The van der Waals surface area contributed by atoms with Crippen LogP contribution >= 0.6 is 23.2 Å². The van der Waals surface area contributed by atoms with Crippen molar-refractivity contribution in [2.45, 2.75) is 6.54 Å². The third-order valence-electron chi connectivity index (χ3n) is 5.34. The molecule has 3 heterocycles. The van der Waals surface area contributed by atoms with E-state index in [1.54, 1.807) is 30.3 Å². The highest BCUT2D eigenvalue weighted by Crippen LogP contribution is 2.37. The van der Waals surface area contributed by atoms with E-state index < -0.39 is 5.91 Å². The first kappa shape index (κ1) is 20.9. The van der Waals surface area contributed by atoms with E-state index in [0.29, 0.717) is 59.8 Å². The Morgan fingerprint density at radius 2 is 1.80 bits per heavy atom. The summed E-state index contributed by atoms with van der Waals surface area (Å²) in [6.07, 6.45) is 1.51. The summed E-state index contributed by atoms with van der Waals surface area (Å²) in [4.78, 5) is 31.9. The van der Waals surface area contributed by atoms with Crippen molar-refractivity contribution in [2.24, 2.45) is 0 Å². The van der Waals surface area contributed by atoms with E-state index in [-0.39, 0.29) is 24.6 Å². The average molecular weight is 450 g/mol. The monoisotopic (exact) mass is 449 g/mol. The molecule has 2 aromatic rings. The molecule has 7 nitrogen and oxygen atoms in total. The van der Waals surface area contributed by atoms with Crippen LogP contribution in [0.5, 0.6) is 0 Å². The maximum absolute atomic E-state index is 13.4. The summed E-state index contributed by atoms with van der Waals surface area (Å²) in [6.45, 7) is 3.22. The highest BCUT2D eigenvalue weighted by Gasteiger charge is 2.43. The van der Waals surface area contributed by atoms with Crippen LogP contribution in [-0.4, -0.2) is 71.0 Å². The van der Waals surface area contributed by atoms with Gasteiger partial charge in [-0.25, -0.2) is 0 Å². The van der Waals surface area contributed by atoms with E-state index in [0.717, 1.165) is 0 Å². The molecule has 2 amide bonds. The Kier molecular flexibility index (Phi) is 6.15. The van der Waals surface area contributed by atoms with Crippen molar-refractivity contribution in [3.8, 4) is 0 Å². The average Bonchev–Trinajstić information content (AvgIpc) is 3.32. The van der Waals surface area contributed by atoms with Crippen LogP contribution in [-0.2, 0) is 16.1 Å². The number of aliphatic hydroxyl groups excluding tert-OH is 1. The lowest BCUT2D eigenvalue weighted by molar-refractivity contribution is -0.138. The normalized spacial score (nSPS) is 18.1. The second-order valence-corrected chi connectivity index (χ2v) is 8.02. The Bertz CT molecular complexity index is 982. The predicted octanol–water partition coefficient (Wildman–Crippen LogP) is 2.48. The molecular weight excluding hydrogens is 429 g/mol. The molecule has 0 bridgehead atoms. The lowest BCUT2D eigenvalue weighted by Crippen LogP contribution is -2.48. The molecule has 158 valence electrons. The number of benzene rings is 1. The highest BCUT2D eigenvalue weighted by atomic mass is 35.5. The van der Waals surface area contributed by atoms with Gasteiger partial charge in [0.1, 0.15) is 11.5 Å². The molecule has 1 saturated heterocycles. The summed E-state index contributed by atoms with van der Waals surface area (Å²) in [7, 11) is 0. The van der Waals surface area contributed by atoms with E-state index >= 15 is 0 Å². The Hall–Kier alpha value is -2.32. The van der Waals surface area contributed by atoms with E-state index in [1.165, 1.54) is 11.2 Å². The molecular formula is C21H21Cl2N3O4. The number of aliphatic hydroxyl groups is 1. The van der Waals surface area contributed by atoms with Crippen LogP contribution < -0.4 is 0 Å². The number of hydrogen-bond acceptors (Lipinski definition) is 6. The third-order valence-corrected chi connectivity index (χ3v) is 5.89. The van der Waals surface area contributed by atoms with Crippen molar-refractivity contribution in [1.82, 2.24) is 14.7 Å². The fourth-order valence-electron chi connectivity index (χ4n) is 3.83. The largest absolute Gasteiger partial charge is 0.467 e. The lowest BCUT2D eigenvalue weighted by atomic mass is 10.0. The molecule has 1 fully saturated rings. The molecule has 1 aromatic carbocycles. The summed E-state index contributed by atoms with van der Waals surface area (Å²) < 4.78 is 5.34. The number of rotatable bonds is 6. The number of halogens is 2. The Labute approximate surface area is 184 Å². The molecule has 0 aliphatic carbocycles. The molecule has 0 unspecified atom stereocenters. The molecule has 30 heavy (non-hydrogen) atoms. The van der Waals surface area contributed by atoms with Gasteiger partial charge in [-0.15, -0.1) is 0 Å². The molecule has 4 rings (SSSR count). The quantitative estimate of drug-likeness (QED) is 0.682. The first-order valence-corrected chi connectivity index (χ1v) is 10.4. The fourth-order valence-corrected chi connectivity index (χ4v) is 4.33. The van der Waals surface area contributed by atoms with Crippen LogP contribution in [0.1, 0.15) is 11.3 Å². The summed E-state index contributed by atoms with van der Waals surface area (Å²) in [5.74, 6) is -0.256. The van der Waals surface area contributed by atoms with Gasteiger partial charge in [-0.3, -0.25) is 19.4 Å². The van der Waals surface area contributed by atoms with Crippen molar-refractivity contribution in [3.63, 3.8) is 0 Å². The van der Waals surface area contributed by atoms with E-state index in [2.05, 4.69) is 4.90 Å². The Balaban J connectivity index is 1.71. The highest BCUT2D eigenvalue weighted by molar-refractivity contribution is 6.41. The van der Waals surface area contributed by atoms with Crippen LogP contribution in [0, 0.1) is 0 Å². The van der Waals surface area contributed by atoms with E-state index in [4.69, 9.17) is 32.7 Å². The van der Waals surface area contributed by atoms with Crippen molar-refractivity contribution in [2.75, 3.05) is 39.3 Å². The second kappa shape index (κ2) is 8.81. The molecule has 0 atom stereocenters. The third kappa shape index (κ3) is 3.98. The zero-order chi connectivity index (χ0) is 21.3. The molecule has 1 N–H and O–H groups in total. The predicted molar refractivity (Wildman–Crippen MR) is 113 cm³/mol. The van der Waals surface area contributed by atoms with Gasteiger partial charge in [-0.1, -0.05) is 29.3 Å². The number of β-amino-alcohol motifs (C(OH)–C–C–N with tert-alkyl or cyclic N) is 1. The first-order chi connectivity index (χ1) is 14.5. The van der Waals surface area contributed by atoms with Gasteiger partial charge < -0.3 is 14.4 Å². The summed E-state index contributed by atoms with van der Waals surface area (Å²) in [5, 5.41) is 9.94. The van der Waals surface area contributed by atoms with Crippen LogP contribution in [0.3, 0.4) is 0 Å². The van der Waals surface area contributed by atoms with Crippen LogP contribution in [0.2, 0.25) is 10.0 Å². The van der Waals surface area contributed by atoms with E-state index in [1.807, 2.05) is 4.90 Å². The fraction of sp³-hybridized carbons (Fsp3) is 0.333. The number of furan rings is 1. The van der Waals surface area contributed by atoms with Crippen LogP contribution in [0.25, 0.3) is 5.57 Å². The van der Waals surface area contributed by atoms with Gasteiger partial charge in [0.25, 0.3) is 11.8 Å². The lowest BCUT2D eigenvalue weighted by Gasteiger charge is -2.36. The number of carbonyl (C=O) groups excluding carboxylic acids is 2. The summed E-state index contributed by atoms with van der Waals surface area (Å²) in [6, 6.07) is 8.32. The van der Waals surface area contributed by atoms with Crippen LogP contribution in [0.4, 0.5) is 0 Å². The van der Waals surface area contributed by atoms with Gasteiger partial charge in [-0.2, -0.15) is 0 Å². The van der Waals surface area contributed by atoms with E-state index in [9.17, 15) is 9.59 Å². The van der Waals surface area contributed by atoms with Gasteiger partial charge in [-0.05, 0) is 24.3 Å². The summed E-state index contributed by atoms with van der Waals surface area (Å²) >= 11 is 12.4. The van der Waals surface area contributed by atoms with Crippen molar-refractivity contribution in [1.29, 1.82) is 0 Å². The Morgan fingerprint density at radius 3 is 2.43 bits per heavy atom. The topological polar surface area (TPSA) is 77.2 Å². The van der Waals surface area contributed by atoms with Gasteiger partial charge in [0.15, 0.2) is 0 Å². The molecule has 0 saturated carbocycles. The van der Waals surface area contributed by atoms with Crippen molar-refractivity contribution >= 4 is 40.6 Å². The molecule has 0 radical (unpaired) electrons. The minimum atomic E-state index is -0.409. The molecule has 2 aliphatic heterocycles. The molecule has 1 aromatic heterocycles. The number of nitrogens with zero attached hydrogens (tertiary/aromatic N) is 3. The van der Waals surface area contributed by atoms with Gasteiger partial charge in [0, 0.05) is 43.3 Å². The zero-order valence-corrected chi connectivity index (χ0v) is 17.7. The molecule has 2 aliphatic rings. The smallest absolute Gasteiger partial charge is 0.278 e. The number of piperazine rings is 1. The minimum Gasteiger partial charge on any atom is -0.467 e. The maximum atomic E-state index is 13.4. The van der Waals surface area contributed by atoms with Crippen molar-refractivity contribution < 1.29 is 19.1 Å². The first-order valence-electron chi connectivity index (χ1n) is 9.66. The minimum absolute atomic E-state index is 0.0490. The number of imide groups is 1. The van der Waals surface area contributed by atoms with Crippen molar-refractivity contribution in [3.05, 3.63) is 63.7 Å². The number of amides is 2. The maximum Gasteiger partial charge on any atom is 0.278 e. The number of carbonyl (C=O) groups is 2. The summed E-state index contributed by atoms with van der Waals surface area (Å²) in [5.41, 5.74) is 1.11. The van der Waals surface area contributed by atoms with Gasteiger partial charge in [0.2, 0.25) is 0 Å². The van der Waals surface area contributed by atoms with Gasteiger partial charge >= 0.3 is 0 Å². The standard InChI is InChI=1S/C21H21Cl2N3O4/c22-14-3-4-16(17(23)12-14)18-19(25-7-5-24(6-8-25)9-10-27)21(29)26(20(18)28)13-15-2-1-11-30-15/h1-4,11-12,27H,5-10,13H2. The Morgan fingerprint density at radius 1 is 1.03 bits per heavy atom. The van der Waals surface area contributed by atoms with Crippen LogP contribution in [0.15, 0.2) is 46.7 Å². The second-order valence-electron chi connectivity index (χ2n) is 7.18. The number of hydrogen-bond donors (Lipinski definition) is 1. The van der Waals surface area contributed by atoms with Gasteiger partial charge in [0.05, 0.1) is 30.0 Å².